The van der Waals surface area contributed by atoms with Crippen molar-refractivity contribution in [3.05, 3.63) is 75.8 Å². The van der Waals surface area contributed by atoms with Crippen molar-refractivity contribution in [1.82, 2.24) is 10.6 Å². The van der Waals surface area contributed by atoms with E-state index in [1.807, 2.05) is 24.3 Å². The van der Waals surface area contributed by atoms with Gasteiger partial charge in [0.25, 0.3) is 0 Å². The number of aromatic hydroxyl groups is 1. The first-order valence-corrected chi connectivity index (χ1v) is 10.9. The van der Waals surface area contributed by atoms with Crippen molar-refractivity contribution in [1.29, 1.82) is 0 Å². The van der Waals surface area contributed by atoms with Gasteiger partial charge in [0, 0.05) is 17.1 Å². The maximum Gasteiger partial charge on any atom is 0.347 e. The molecule has 1 amide bonds. The highest BCUT2D eigenvalue weighted by Gasteiger charge is 2.35. The number of nitrogens with one attached hydrogen (secondary N) is 2. The first kappa shape index (κ1) is 24.1. The Balaban J connectivity index is 1.82. The van der Waals surface area contributed by atoms with Crippen molar-refractivity contribution >= 4 is 35.1 Å². The average Bonchev–Trinajstić information content (AvgIpc) is 3.18. The minimum Gasteiger partial charge on any atom is -0.508 e. The van der Waals surface area contributed by atoms with Crippen LogP contribution in [0.4, 0.5) is 0 Å². The molecule has 1 aliphatic rings. The summed E-state index contributed by atoms with van der Waals surface area (Å²) < 4.78 is 0. The molecular weight excluding hydrogens is 453 g/mol. The van der Waals surface area contributed by atoms with Crippen molar-refractivity contribution in [2.24, 2.45) is 11.8 Å². The standard InChI is InChI=1S/C23H25Cl2N3O4/c1-2-5-19(23(31)32-26)28-22(30)21(15-8-13-6-3-4-7-14(13)9-15)27-12-17-18(25)10-16(24)11-20(17)29/h2-4,6-7,10-11,15,19,21,27,29H,1,5,8-9,12,26H2,(H,28,30)/t19-,21?/m1/s1. The second kappa shape index (κ2) is 10.8. The van der Waals surface area contributed by atoms with Crippen LogP contribution in [0, 0.1) is 5.92 Å². The summed E-state index contributed by atoms with van der Waals surface area (Å²) in [7, 11) is 0. The summed E-state index contributed by atoms with van der Waals surface area (Å²) >= 11 is 12.2. The molecule has 0 spiro atoms. The number of phenolic OH excluding ortho intramolecular Hbond substituents is 1. The number of amides is 1. The van der Waals surface area contributed by atoms with Crippen LogP contribution in [0.3, 0.4) is 0 Å². The van der Waals surface area contributed by atoms with Gasteiger partial charge >= 0.3 is 5.97 Å². The summed E-state index contributed by atoms with van der Waals surface area (Å²) in [5.74, 6) is 3.73. The highest BCUT2D eigenvalue weighted by molar-refractivity contribution is 6.35. The first-order chi connectivity index (χ1) is 15.3. The van der Waals surface area contributed by atoms with Crippen molar-refractivity contribution in [3.8, 4) is 5.75 Å². The lowest BCUT2D eigenvalue weighted by molar-refractivity contribution is -0.148. The van der Waals surface area contributed by atoms with Gasteiger partial charge in [0.1, 0.15) is 11.8 Å². The quantitative estimate of drug-likeness (QED) is 0.326. The third-order valence-corrected chi connectivity index (χ3v) is 6.15. The number of benzene rings is 2. The van der Waals surface area contributed by atoms with Crippen molar-refractivity contribution in [2.45, 2.75) is 37.9 Å². The van der Waals surface area contributed by atoms with Gasteiger partial charge in [-0.15, -0.1) is 6.58 Å². The molecule has 2 aromatic carbocycles. The first-order valence-electron chi connectivity index (χ1n) is 10.1. The van der Waals surface area contributed by atoms with Gasteiger partial charge in [0.15, 0.2) is 0 Å². The van der Waals surface area contributed by atoms with Crippen LogP contribution in [0.15, 0.2) is 49.1 Å². The number of hydrogen-bond acceptors (Lipinski definition) is 6. The lowest BCUT2D eigenvalue weighted by Crippen LogP contribution is -2.53. The van der Waals surface area contributed by atoms with Gasteiger partial charge in [-0.2, -0.15) is 5.90 Å². The zero-order valence-electron chi connectivity index (χ0n) is 17.3. The summed E-state index contributed by atoms with van der Waals surface area (Å²) in [4.78, 5) is 29.5. The number of hydrogen-bond donors (Lipinski definition) is 4. The van der Waals surface area contributed by atoms with E-state index in [1.54, 1.807) is 0 Å². The van der Waals surface area contributed by atoms with Crippen molar-refractivity contribution in [2.75, 3.05) is 0 Å². The molecule has 170 valence electrons. The van der Waals surface area contributed by atoms with E-state index in [1.165, 1.54) is 29.3 Å². The molecule has 0 aliphatic heterocycles. The van der Waals surface area contributed by atoms with E-state index in [2.05, 4.69) is 22.1 Å². The zero-order chi connectivity index (χ0) is 23.3. The van der Waals surface area contributed by atoms with E-state index in [9.17, 15) is 14.7 Å². The molecule has 0 heterocycles. The van der Waals surface area contributed by atoms with Gasteiger partial charge in [0.2, 0.25) is 5.91 Å². The van der Waals surface area contributed by atoms with Crippen molar-refractivity contribution < 1.29 is 19.5 Å². The largest absolute Gasteiger partial charge is 0.508 e. The molecule has 9 heteroatoms. The molecular formula is C23H25Cl2N3O4. The average molecular weight is 478 g/mol. The fourth-order valence-electron chi connectivity index (χ4n) is 4.00. The summed E-state index contributed by atoms with van der Waals surface area (Å²) in [6.45, 7) is 3.73. The normalized spacial score (nSPS) is 15.0. The smallest absolute Gasteiger partial charge is 0.347 e. The molecule has 3 rings (SSSR count). The Bertz CT molecular complexity index is 966. The van der Waals surface area contributed by atoms with Gasteiger partial charge in [-0.3, -0.25) is 4.79 Å². The lowest BCUT2D eigenvalue weighted by atomic mass is 9.94. The molecule has 0 bridgehead atoms. The van der Waals surface area contributed by atoms with Gasteiger partial charge in [0.05, 0.1) is 11.1 Å². The van der Waals surface area contributed by atoms with E-state index < -0.39 is 18.1 Å². The van der Waals surface area contributed by atoms with Crippen LogP contribution in [0.5, 0.6) is 5.75 Å². The molecule has 7 nitrogen and oxygen atoms in total. The molecule has 1 unspecified atom stereocenters. The molecule has 0 radical (unpaired) electrons. The second-order valence-electron chi connectivity index (χ2n) is 7.70. The molecule has 32 heavy (non-hydrogen) atoms. The Morgan fingerprint density at radius 3 is 2.47 bits per heavy atom. The van der Waals surface area contributed by atoms with Crippen LogP contribution in [-0.4, -0.2) is 29.1 Å². The van der Waals surface area contributed by atoms with Gasteiger partial charge in [-0.25, -0.2) is 4.79 Å². The highest BCUT2D eigenvalue weighted by atomic mass is 35.5. The second-order valence-corrected chi connectivity index (χ2v) is 8.55. The number of fused-ring (bicyclic) bond motifs is 1. The Morgan fingerprint density at radius 2 is 1.91 bits per heavy atom. The zero-order valence-corrected chi connectivity index (χ0v) is 18.8. The Morgan fingerprint density at radius 1 is 1.25 bits per heavy atom. The summed E-state index contributed by atoms with van der Waals surface area (Å²) in [6, 6.07) is 9.30. The monoisotopic (exact) mass is 477 g/mol. The third-order valence-electron chi connectivity index (χ3n) is 5.59. The van der Waals surface area contributed by atoms with Crippen LogP contribution in [0.25, 0.3) is 0 Å². The molecule has 2 aromatic rings. The van der Waals surface area contributed by atoms with E-state index in [4.69, 9.17) is 29.1 Å². The topological polar surface area (TPSA) is 114 Å². The highest BCUT2D eigenvalue weighted by Crippen LogP contribution is 2.32. The lowest BCUT2D eigenvalue weighted by Gasteiger charge is -2.26. The van der Waals surface area contributed by atoms with Crippen LogP contribution in [0.1, 0.15) is 23.1 Å². The number of phenols is 1. The summed E-state index contributed by atoms with van der Waals surface area (Å²) in [6.07, 6.45) is 3.05. The SMILES string of the molecule is C=CC[C@@H](NC(=O)C(NCc1c(O)cc(Cl)cc1Cl)C1Cc2ccccc2C1)C(=O)ON. The summed E-state index contributed by atoms with van der Waals surface area (Å²) in [5.41, 5.74) is 2.77. The fraction of sp³-hybridized carbons (Fsp3) is 0.304. The molecule has 0 saturated carbocycles. The van der Waals surface area contributed by atoms with Crippen LogP contribution in [0.2, 0.25) is 10.0 Å². The van der Waals surface area contributed by atoms with E-state index in [-0.39, 0.29) is 35.6 Å². The van der Waals surface area contributed by atoms with Crippen LogP contribution < -0.4 is 16.5 Å². The van der Waals surface area contributed by atoms with E-state index >= 15 is 0 Å². The maximum absolute atomic E-state index is 13.3. The summed E-state index contributed by atoms with van der Waals surface area (Å²) in [5, 5.41) is 16.8. The van der Waals surface area contributed by atoms with Gasteiger partial charge in [-0.05, 0) is 48.4 Å². The maximum atomic E-state index is 13.3. The molecule has 2 atom stereocenters. The van der Waals surface area contributed by atoms with E-state index in [0.29, 0.717) is 23.4 Å². The Kier molecular flexibility index (Phi) is 8.15. The van der Waals surface area contributed by atoms with Crippen LogP contribution >= 0.6 is 23.2 Å². The molecule has 5 N–H and O–H groups in total. The van der Waals surface area contributed by atoms with Gasteiger partial charge in [-0.1, -0.05) is 53.5 Å². The van der Waals surface area contributed by atoms with Crippen LogP contribution in [-0.2, 0) is 33.8 Å². The predicted octanol–water partition coefficient (Wildman–Crippen LogP) is 3.05. The number of carbonyl (C=O) groups excluding carboxylic acids is 2. The predicted molar refractivity (Wildman–Crippen MR) is 123 cm³/mol. The minimum absolute atomic E-state index is 0.0693. The minimum atomic E-state index is -0.953. The third kappa shape index (κ3) is 5.61. The number of carbonyl (C=O) groups is 2. The van der Waals surface area contributed by atoms with Gasteiger partial charge < -0.3 is 20.6 Å². The molecule has 0 aromatic heterocycles. The van der Waals surface area contributed by atoms with Crippen molar-refractivity contribution in [3.63, 3.8) is 0 Å². The Labute approximate surface area is 196 Å². The Hall–Kier alpha value is -2.58. The molecule has 0 fully saturated rings. The molecule has 1 aliphatic carbocycles. The van der Waals surface area contributed by atoms with E-state index in [0.717, 1.165) is 0 Å². The number of nitrogens with two attached hydrogens (primary N) is 1. The number of rotatable bonds is 9. The fourth-order valence-corrected chi connectivity index (χ4v) is 4.55. The molecule has 0 saturated heterocycles. The number of halogens is 2.